The third-order valence-electron chi connectivity index (χ3n) is 2.88. The summed E-state index contributed by atoms with van der Waals surface area (Å²) in [6, 6.07) is 8.21. The number of carbonyl (C=O) groups excluding carboxylic acids is 1. The van der Waals surface area contributed by atoms with E-state index in [0.717, 1.165) is 19.1 Å². The second-order valence-corrected chi connectivity index (χ2v) is 3.98. The Morgan fingerprint density at radius 3 is 3.06 bits per heavy atom. The fourth-order valence-electron chi connectivity index (χ4n) is 2.07. The molecule has 0 fully saturated rings. The van der Waals surface area contributed by atoms with Crippen LogP contribution in [0.15, 0.2) is 30.3 Å². The largest absolute Gasteiger partial charge is 0.555 e. The first kappa shape index (κ1) is 11.6. The van der Waals surface area contributed by atoms with E-state index in [4.69, 9.17) is 10.1 Å². The average molecular weight is 226 g/mol. The van der Waals surface area contributed by atoms with Gasteiger partial charge in [-0.3, -0.25) is 5.41 Å². The smallest absolute Gasteiger partial charge is 0.382 e. The fourth-order valence-corrected chi connectivity index (χ4v) is 2.07. The molecule has 4 heteroatoms. The molecule has 17 heavy (non-hydrogen) atoms. The second kappa shape index (κ2) is 5.48. The Balaban J connectivity index is 2.05. The Bertz CT molecular complexity index is 456. The van der Waals surface area contributed by atoms with Crippen molar-refractivity contribution in [3.05, 3.63) is 41.5 Å². The standard InChI is InChI=1S/C13H13BNO2/c15-9-17-14-12(8-16)7-11-6-5-10-3-1-2-4-13(10)11/h1-4,6,8-9,12,15H,5,7H2/t12-/m0/s1. The Hall–Kier alpha value is -1.84. The number of carbonyl (C=O) groups is 1. The summed E-state index contributed by atoms with van der Waals surface area (Å²) in [4.78, 5) is 10.9. The molecule has 1 atom stereocenters. The number of aldehydes is 1. The van der Waals surface area contributed by atoms with E-state index >= 15 is 0 Å². The zero-order valence-corrected chi connectivity index (χ0v) is 9.43. The van der Waals surface area contributed by atoms with Crippen molar-refractivity contribution in [2.24, 2.45) is 0 Å². The molecular formula is C13H13BNO2. The molecule has 0 saturated heterocycles. The highest BCUT2D eigenvalue weighted by atomic mass is 16.4. The van der Waals surface area contributed by atoms with E-state index in [1.165, 1.54) is 24.2 Å². The van der Waals surface area contributed by atoms with Crippen LogP contribution >= 0.6 is 0 Å². The zero-order valence-electron chi connectivity index (χ0n) is 9.43. The van der Waals surface area contributed by atoms with Crippen molar-refractivity contribution in [1.82, 2.24) is 0 Å². The molecular weight excluding hydrogens is 213 g/mol. The molecule has 0 aromatic heterocycles. The molecule has 0 aliphatic heterocycles. The summed E-state index contributed by atoms with van der Waals surface area (Å²) < 4.78 is 4.74. The number of benzene rings is 1. The second-order valence-electron chi connectivity index (χ2n) is 3.98. The van der Waals surface area contributed by atoms with Crippen LogP contribution in [0.3, 0.4) is 0 Å². The van der Waals surface area contributed by atoms with Gasteiger partial charge in [0.15, 0.2) is 0 Å². The highest BCUT2D eigenvalue weighted by Crippen LogP contribution is 2.32. The predicted octanol–water partition coefficient (Wildman–Crippen LogP) is 2.25. The number of rotatable bonds is 6. The maximum atomic E-state index is 10.9. The van der Waals surface area contributed by atoms with Crippen LogP contribution in [0.5, 0.6) is 0 Å². The summed E-state index contributed by atoms with van der Waals surface area (Å²) >= 11 is 0. The molecule has 0 bridgehead atoms. The summed E-state index contributed by atoms with van der Waals surface area (Å²) in [6.45, 7) is 0. The molecule has 0 amide bonds. The molecule has 1 aliphatic carbocycles. The first-order valence-electron chi connectivity index (χ1n) is 5.55. The van der Waals surface area contributed by atoms with Gasteiger partial charge in [-0.2, -0.15) is 0 Å². The lowest BCUT2D eigenvalue weighted by molar-refractivity contribution is -0.107. The third-order valence-corrected chi connectivity index (χ3v) is 2.88. The van der Waals surface area contributed by atoms with Crippen molar-refractivity contribution >= 4 is 25.7 Å². The van der Waals surface area contributed by atoms with Gasteiger partial charge in [-0.15, -0.1) is 0 Å². The van der Waals surface area contributed by atoms with E-state index in [1.54, 1.807) is 0 Å². The van der Waals surface area contributed by atoms with Crippen LogP contribution < -0.4 is 0 Å². The fraction of sp³-hybridized carbons (Fsp3) is 0.231. The number of allylic oxidation sites excluding steroid dienone is 2. The first-order valence-corrected chi connectivity index (χ1v) is 5.55. The van der Waals surface area contributed by atoms with Crippen molar-refractivity contribution in [3.63, 3.8) is 0 Å². The van der Waals surface area contributed by atoms with Gasteiger partial charge >= 0.3 is 7.48 Å². The summed E-state index contributed by atoms with van der Waals surface area (Å²) in [5, 5.41) is 6.76. The van der Waals surface area contributed by atoms with Crippen LogP contribution in [0.25, 0.3) is 5.57 Å². The van der Waals surface area contributed by atoms with Crippen molar-refractivity contribution in [3.8, 4) is 0 Å². The van der Waals surface area contributed by atoms with E-state index in [-0.39, 0.29) is 5.82 Å². The molecule has 1 N–H and O–H groups in total. The lowest BCUT2D eigenvalue weighted by Gasteiger charge is -2.09. The van der Waals surface area contributed by atoms with Crippen LogP contribution in [-0.2, 0) is 15.9 Å². The third kappa shape index (κ3) is 2.64. The molecule has 0 spiro atoms. The van der Waals surface area contributed by atoms with E-state index in [2.05, 4.69) is 18.2 Å². The van der Waals surface area contributed by atoms with E-state index < -0.39 is 0 Å². The molecule has 85 valence electrons. The number of hydrogen-bond acceptors (Lipinski definition) is 3. The minimum absolute atomic E-state index is 0.297. The van der Waals surface area contributed by atoms with Gasteiger partial charge in [0.1, 0.15) is 12.7 Å². The lowest BCUT2D eigenvalue weighted by Crippen LogP contribution is -2.09. The normalized spacial score (nSPS) is 14.5. The van der Waals surface area contributed by atoms with Gasteiger partial charge in [0.2, 0.25) is 0 Å². The Morgan fingerprint density at radius 1 is 1.47 bits per heavy atom. The first-order chi connectivity index (χ1) is 8.35. The summed E-state index contributed by atoms with van der Waals surface area (Å²) in [5.74, 6) is -0.297. The van der Waals surface area contributed by atoms with Gasteiger partial charge in [0.05, 0.1) is 0 Å². The molecule has 1 aromatic carbocycles. The summed E-state index contributed by atoms with van der Waals surface area (Å²) in [6.07, 6.45) is 5.40. The van der Waals surface area contributed by atoms with Crippen LogP contribution in [0.2, 0.25) is 5.82 Å². The van der Waals surface area contributed by atoms with Gasteiger partial charge < -0.3 is 9.45 Å². The van der Waals surface area contributed by atoms with E-state index in [9.17, 15) is 4.79 Å². The monoisotopic (exact) mass is 226 g/mol. The highest BCUT2D eigenvalue weighted by molar-refractivity contribution is 6.37. The van der Waals surface area contributed by atoms with Gasteiger partial charge in [0.25, 0.3) is 0 Å². The average Bonchev–Trinajstić information content (AvgIpc) is 2.78. The van der Waals surface area contributed by atoms with Crippen molar-refractivity contribution in [2.75, 3.05) is 0 Å². The van der Waals surface area contributed by atoms with Gasteiger partial charge in [0, 0.05) is 5.82 Å². The Morgan fingerprint density at radius 2 is 2.29 bits per heavy atom. The Labute approximate surface area is 101 Å². The minimum atomic E-state index is -0.297. The number of hydrogen-bond donors (Lipinski definition) is 1. The van der Waals surface area contributed by atoms with Crippen LogP contribution in [0.1, 0.15) is 17.5 Å². The molecule has 0 saturated carbocycles. The molecule has 1 radical (unpaired) electrons. The molecule has 1 aromatic rings. The van der Waals surface area contributed by atoms with Crippen LogP contribution in [0, 0.1) is 5.41 Å². The predicted molar refractivity (Wildman–Crippen MR) is 68.2 cm³/mol. The highest BCUT2D eigenvalue weighted by Gasteiger charge is 2.19. The number of nitrogens with one attached hydrogen (secondary N) is 1. The maximum absolute atomic E-state index is 10.9. The molecule has 2 rings (SSSR count). The van der Waals surface area contributed by atoms with Gasteiger partial charge in [-0.25, -0.2) is 0 Å². The van der Waals surface area contributed by atoms with E-state index in [0.29, 0.717) is 6.42 Å². The van der Waals surface area contributed by atoms with Crippen LogP contribution in [-0.4, -0.2) is 20.2 Å². The molecule has 3 nitrogen and oxygen atoms in total. The van der Waals surface area contributed by atoms with Crippen molar-refractivity contribution < 1.29 is 9.45 Å². The van der Waals surface area contributed by atoms with Crippen molar-refractivity contribution in [2.45, 2.75) is 18.7 Å². The van der Waals surface area contributed by atoms with Gasteiger partial charge in [-0.1, -0.05) is 30.3 Å². The Kier molecular flexibility index (Phi) is 3.75. The minimum Gasteiger partial charge on any atom is -0.555 e. The lowest BCUT2D eigenvalue weighted by atomic mass is 9.76. The van der Waals surface area contributed by atoms with Crippen molar-refractivity contribution in [1.29, 1.82) is 5.41 Å². The molecule has 0 heterocycles. The summed E-state index contributed by atoms with van der Waals surface area (Å²) in [5.41, 5.74) is 3.71. The SMILES string of the molecule is N=CO[B][C@H](C=O)CC1=CCc2ccccc21. The molecule has 0 unspecified atom stereocenters. The zero-order chi connectivity index (χ0) is 12.1. The topological polar surface area (TPSA) is 50.1 Å². The maximum Gasteiger partial charge on any atom is 0.382 e. The van der Waals surface area contributed by atoms with E-state index in [1.807, 2.05) is 12.1 Å². The molecule has 1 aliphatic rings. The number of fused-ring (bicyclic) bond motifs is 1. The van der Waals surface area contributed by atoms with Crippen LogP contribution in [0.4, 0.5) is 0 Å². The quantitative estimate of drug-likeness (QED) is 0.350. The van der Waals surface area contributed by atoms with Gasteiger partial charge in [-0.05, 0) is 29.5 Å². The summed E-state index contributed by atoms with van der Waals surface area (Å²) in [7, 11) is 1.40.